The summed E-state index contributed by atoms with van der Waals surface area (Å²) >= 11 is 0. The van der Waals surface area contributed by atoms with Crippen molar-refractivity contribution in [1.82, 2.24) is 0 Å². The molecule has 0 radical (unpaired) electrons. The van der Waals surface area contributed by atoms with Crippen LogP contribution in [-0.2, 0) is 13.6 Å². The number of hydrogen-bond donors (Lipinski definition) is 1. The predicted molar refractivity (Wildman–Crippen MR) is 79.2 cm³/mol. The molecule has 0 aliphatic heterocycles. The third kappa shape index (κ3) is 6.64. The van der Waals surface area contributed by atoms with Crippen LogP contribution in [-0.4, -0.2) is 43.7 Å². The van der Waals surface area contributed by atoms with Crippen molar-refractivity contribution in [3.8, 4) is 0 Å². The van der Waals surface area contributed by atoms with Crippen LogP contribution >= 0.6 is 7.82 Å². The molecule has 0 spiro atoms. The van der Waals surface area contributed by atoms with E-state index in [1.807, 2.05) is 58.4 Å². The first-order valence-electron chi connectivity index (χ1n) is 6.74. The van der Waals surface area contributed by atoms with Gasteiger partial charge in [-0.25, -0.2) is 4.57 Å². The zero-order valence-corrected chi connectivity index (χ0v) is 13.5. The molecule has 0 saturated heterocycles. The highest BCUT2D eigenvalue weighted by Crippen LogP contribution is 2.48. The zero-order valence-electron chi connectivity index (χ0n) is 12.7. The quantitative estimate of drug-likeness (QED) is 0.592. The third-order valence-electron chi connectivity index (χ3n) is 2.82. The topological polar surface area (TPSA) is 55.8 Å². The Morgan fingerprint density at radius 2 is 1.85 bits per heavy atom. The van der Waals surface area contributed by atoms with Gasteiger partial charge >= 0.3 is 7.82 Å². The first-order chi connectivity index (χ1) is 9.23. The molecule has 2 unspecified atom stereocenters. The van der Waals surface area contributed by atoms with E-state index in [4.69, 9.17) is 9.05 Å². The number of rotatable bonds is 8. The summed E-state index contributed by atoms with van der Waals surface area (Å²) in [4.78, 5) is 9.78. The number of nitrogens with zero attached hydrogens (tertiary/aromatic N) is 1. The van der Waals surface area contributed by atoms with Crippen molar-refractivity contribution in [1.29, 1.82) is 0 Å². The van der Waals surface area contributed by atoms with Gasteiger partial charge in [-0.05, 0) is 12.0 Å². The first kappa shape index (κ1) is 17.3. The standard InChI is InChI=1S/C14H24NO4P/c1-5-14(13-9-7-6-8-10-13)19-20(16,17)18-12-11-15(2,3)4/h6-10,14H,5,11-12H2,1-4H3/p+1. The summed E-state index contributed by atoms with van der Waals surface area (Å²) in [6, 6.07) is 9.40. The summed E-state index contributed by atoms with van der Waals surface area (Å²) < 4.78 is 22.9. The largest absolute Gasteiger partial charge is 0.472 e. The molecule has 2 atom stereocenters. The summed E-state index contributed by atoms with van der Waals surface area (Å²) in [5, 5.41) is 0. The van der Waals surface area contributed by atoms with Gasteiger partial charge in [0.1, 0.15) is 13.2 Å². The monoisotopic (exact) mass is 302 g/mol. The van der Waals surface area contributed by atoms with Gasteiger partial charge in [0.05, 0.1) is 27.2 Å². The summed E-state index contributed by atoms with van der Waals surface area (Å²) in [6.45, 7) is 2.72. The van der Waals surface area contributed by atoms with Gasteiger partial charge in [-0.1, -0.05) is 37.3 Å². The van der Waals surface area contributed by atoms with Gasteiger partial charge in [0.2, 0.25) is 0 Å². The van der Waals surface area contributed by atoms with Crippen molar-refractivity contribution in [3.63, 3.8) is 0 Å². The molecule has 0 fully saturated rings. The molecule has 0 aliphatic carbocycles. The second-order valence-electron chi connectivity index (χ2n) is 5.73. The fourth-order valence-electron chi connectivity index (χ4n) is 1.66. The van der Waals surface area contributed by atoms with Crippen LogP contribution in [0.3, 0.4) is 0 Å². The van der Waals surface area contributed by atoms with E-state index in [0.29, 0.717) is 17.4 Å². The van der Waals surface area contributed by atoms with Crippen LogP contribution in [0.5, 0.6) is 0 Å². The minimum atomic E-state index is -4.03. The van der Waals surface area contributed by atoms with E-state index in [2.05, 4.69) is 0 Å². The van der Waals surface area contributed by atoms with E-state index in [9.17, 15) is 9.46 Å². The number of benzene rings is 1. The number of phosphoric acid groups is 1. The van der Waals surface area contributed by atoms with Gasteiger partial charge < -0.3 is 9.38 Å². The molecule has 0 amide bonds. The van der Waals surface area contributed by atoms with Crippen LogP contribution < -0.4 is 0 Å². The molecule has 1 rings (SSSR count). The summed E-state index contributed by atoms with van der Waals surface area (Å²) in [5.74, 6) is 0. The molecule has 0 aliphatic rings. The lowest BCUT2D eigenvalue weighted by molar-refractivity contribution is -0.870. The SMILES string of the molecule is CCC(OP(=O)(O)OCC[N+](C)(C)C)c1ccccc1. The van der Waals surface area contributed by atoms with Crippen LogP contribution in [0.25, 0.3) is 0 Å². The van der Waals surface area contributed by atoms with Crippen molar-refractivity contribution in [2.24, 2.45) is 0 Å². The molecule has 114 valence electrons. The minimum Gasteiger partial charge on any atom is -0.329 e. The lowest BCUT2D eigenvalue weighted by atomic mass is 10.1. The van der Waals surface area contributed by atoms with E-state index in [1.54, 1.807) is 0 Å². The predicted octanol–water partition coefficient (Wildman–Crippen LogP) is 2.98. The Labute approximate surface area is 121 Å². The molecule has 0 bridgehead atoms. The highest BCUT2D eigenvalue weighted by Gasteiger charge is 2.27. The summed E-state index contributed by atoms with van der Waals surface area (Å²) in [6.07, 6.45) is 0.170. The van der Waals surface area contributed by atoms with Crippen molar-refractivity contribution >= 4 is 7.82 Å². The maximum Gasteiger partial charge on any atom is 0.472 e. The molecule has 5 nitrogen and oxygen atoms in total. The van der Waals surface area contributed by atoms with Gasteiger partial charge in [0.25, 0.3) is 0 Å². The molecule has 6 heteroatoms. The van der Waals surface area contributed by atoms with Crippen molar-refractivity contribution in [2.75, 3.05) is 34.3 Å². The van der Waals surface area contributed by atoms with Gasteiger partial charge in [-0.3, -0.25) is 9.05 Å². The smallest absolute Gasteiger partial charge is 0.329 e. The fourth-order valence-corrected chi connectivity index (χ4v) is 2.63. The van der Waals surface area contributed by atoms with Crippen LogP contribution in [0.1, 0.15) is 25.0 Å². The third-order valence-corrected chi connectivity index (χ3v) is 3.85. The minimum absolute atomic E-state index is 0.183. The maximum absolute atomic E-state index is 11.9. The lowest BCUT2D eigenvalue weighted by Crippen LogP contribution is -2.37. The second kappa shape index (κ2) is 7.34. The Bertz CT molecular complexity index is 444. The molecule has 1 aromatic carbocycles. The van der Waals surface area contributed by atoms with Gasteiger partial charge in [0, 0.05) is 0 Å². The molecule has 1 N–H and O–H groups in total. The molecule has 1 aromatic rings. The molecular weight excluding hydrogens is 277 g/mol. The van der Waals surface area contributed by atoms with Crippen LogP contribution in [0.4, 0.5) is 0 Å². The first-order valence-corrected chi connectivity index (χ1v) is 8.24. The van der Waals surface area contributed by atoms with Gasteiger partial charge in [-0.15, -0.1) is 0 Å². The van der Waals surface area contributed by atoms with Crippen LogP contribution in [0.15, 0.2) is 30.3 Å². The number of quaternary nitrogens is 1. The molecular formula is C14H25NO4P+. The normalized spacial score (nSPS) is 16.6. The van der Waals surface area contributed by atoms with E-state index in [-0.39, 0.29) is 6.61 Å². The van der Waals surface area contributed by atoms with Gasteiger partial charge in [0.15, 0.2) is 0 Å². The van der Waals surface area contributed by atoms with E-state index < -0.39 is 13.9 Å². The Morgan fingerprint density at radius 1 is 1.25 bits per heavy atom. The maximum atomic E-state index is 11.9. The Morgan fingerprint density at radius 3 is 2.35 bits per heavy atom. The average Bonchev–Trinajstić information content (AvgIpc) is 2.35. The molecule has 0 saturated carbocycles. The van der Waals surface area contributed by atoms with E-state index in [1.165, 1.54) is 0 Å². The summed E-state index contributed by atoms with van der Waals surface area (Å²) in [5.41, 5.74) is 0.875. The van der Waals surface area contributed by atoms with Crippen LogP contribution in [0.2, 0.25) is 0 Å². The number of likely N-dealkylation sites (N-methyl/N-ethyl adjacent to an activating group) is 1. The Balaban J connectivity index is 2.57. The van der Waals surface area contributed by atoms with Crippen LogP contribution in [0, 0.1) is 0 Å². The second-order valence-corrected chi connectivity index (χ2v) is 7.13. The van der Waals surface area contributed by atoms with E-state index >= 15 is 0 Å². The number of hydrogen-bond acceptors (Lipinski definition) is 3. The fraction of sp³-hybridized carbons (Fsp3) is 0.571. The average molecular weight is 302 g/mol. The van der Waals surface area contributed by atoms with Gasteiger partial charge in [-0.2, -0.15) is 0 Å². The summed E-state index contributed by atoms with van der Waals surface area (Å²) in [7, 11) is 1.95. The molecule has 0 aromatic heterocycles. The van der Waals surface area contributed by atoms with Crippen molar-refractivity contribution in [3.05, 3.63) is 35.9 Å². The number of phosphoric ester groups is 1. The highest BCUT2D eigenvalue weighted by molar-refractivity contribution is 7.47. The van der Waals surface area contributed by atoms with E-state index in [0.717, 1.165) is 5.56 Å². The Hall–Kier alpha value is -0.710. The van der Waals surface area contributed by atoms with Crippen molar-refractivity contribution < 1.29 is 23.0 Å². The lowest BCUT2D eigenvalue weighted by Gasteiger charge is -2.25. The van der Waals surface area contributed by atoms with Crippen molar-refractivity contribution in [2.45, 2.75) is 19.4 Å². The molecule has 20 heavy (non-hydrogen) atoms. The molecule has 0 heterocycles. The highest BCUT2D eigenvalue weighted by atomic mass is 31.2. The Kier molecular flexibility index (Phi) is 6.37. The zero-order chi connectivity index (χ0) is 15.2.